The average Bonchev–Trinajstić information content (AvgIpc) is 2.80. The van der Waals surface area contributed by atoms with Crippen molar-refractivity contribution < 1.29 is 40.6 Å². The van der Waals surface area contributed by atoms with Gasteiger partial charge in [0.2, 0.25) is 17.4 Å². The van der Waals surface area contributed by atoms with Crippen LogP contribution >= 0.6 is 0 Å². The molecule has 4 aromatic rings. The number of hydrogen-bond acceptors (Lipinski definition) is 5. The molecule has 4 aromatic heterocycles. The summed E-state index contributed by atoms with van der Waals surface area (Å²) < 4.78 is 87.1. The number of hydrogen-bond donors (Lipinski definition) is 0. The second kappa shape index (κ2) is 8.89. The van der Waals surface area contributed by atoms with Gasteiger partial charge in [0.05, 0.1) is 18.3 Å². The van der Waals surface area contributed by atoms with Gasteiger partial charge in [-0.05, 0) is 18.2 Å². The number of rotatable bonds is 6. The molecule has 0 saturated heterocycles. The zero-order valence-corrected chi connectivity index (χ0v) is 17.8. The fourth-order valence-corrected chi connectivity index (χ4v) is 3.25. The van der Waals surface area contributed by atoms with Crippen molar-refractivity contribution in [1.82, 2.24) is 14.5 Å². The third-order valence-electron chi connectivity index (χ3n) is 4.91. The summed E-state index contributed by atoms with van der Waals surface area (Å²) in [5.41, 5.74) is -1.61. The molecule has 4 rings (SSSR count). The molecule has 0 bridgehead atoms. The minimum Gasteiger partial charge on any atom is -0.432 e. The first-order chi connectivity index (χ1) is 16.5. The van der Waals surface area contributed by atoms with Crippen molar-refractivity contribution >= 4 is 10.9 Å². The van der Waals surface area contributed by atoms with E-state index in [0.717, 1.165) is 23.1 Å². The van der Waals surface area contributed by atoms with Gasteiger partial charge in [-0.1, -0.05) is 6.07 Å². The lowest BCUT2D eigenvalue weighted by Gasteiger charge is -2.21. The molecule has 0 amide bonds. The Hall–Kier alpha value is -4.16. The van der Waals surface area contributed by atoms with E-state index in [9.17, 15) is 26.7 Å². The van der Waals surface area contributed by atoms with Gasteiger partial charge >= 0.3 is 17.8 Å². The summed E-state index contributed by atoms with van der Waals surface area (Å²) in [6, 6.07) is 9.19. The lowest BCUT2D eigenvalue weighted by atomic mass is 10.1. The standard InChI is InChI=1S/C22H15F6N4O3/c1-34-32-11-14(35-18-4-2-3-7-29-18)9-15(23)20(32)16-8-13-5-6-19(33)31(17(13)10-30-16)12-21(24,25)22(26,27)28/h2-11H,12H2,1H3/q+1. The van der Waals surface area contributed by atoms with Crippen LogP contribution < -0.4 is 19.9 Å². The number of alkyl halides is 5. The highest BCUT2D eigenvalue weighted by Gasteiger charge is 2.57. The van der Waals surface area contributed by atoms with Crippen LogP contribution in [0.2, 0.25) is 0 Å². The number of halogens is 6. The van der Waals surface area contributed by atoms with Crippen molar-refractivity contribution in [2.24, 2.45) is 0 Å². The van der Waals surface area contributed by atoms with Crippen molar-refractivity contribution in [2.45, 2.75) is 18.6 Å². The molecular weight excluding hydrogens is 482 g/mol. The number of nitrogens with zero attached hydrogens (tertiary/aromatic N) is 4. The van der Waals surface area contributed by atoms with Crippen molar-refractivity contribution in [3.63, 3.8) is 0 Å². The van der Waals surface area contributed by atoms with Gasteiger partial charge in [0.25, 0.3) is 11.8 Å². The first kappa shape index (κ1) is 24.0. The van der Waals surface area contributed by atoms with Gasteiger partial charge in [-0.2, -0.15) is 26.3 Å². The van der Waals surface area contributed by atoms with Gasteiger partial charge < -0.3 is 9.30 Å². The zero-order chi connectivity index (χ0) is 25.4. The highest BCUT2D eigenvalue weighted by Crippen LogP contribution is 2.37. The molecule has 0 unspecified atom stereocenters. The summed E-state index contributed by atoms with van der Waals surface area (Å²) in [6.45, 7) is -1.93. The lowest BCUT2D eigenvalue weighted by molar-refractivity contribution is -0.877. The van der Waals surface area contributed by atoms with E-state index in [2.05, 4.69) is 9.97 Å². The molecule has 0 radical (unpaired) electrons. The van der Waals surface area contributed by atoms with E-state index in [1.807, 2.05) is 0 Å². The van der Waals surface area contributed by atoms with E-state index in [-0.39, 0.29) is 38.5 Å². The molecular formula is C22H15F6N4O3+. The summed E-state index contributed by atoms with van der Waals surface area (Å²) in [4.78, 5) is 25.2. The Bertz CT molecular complexity index is 1440. The Morgan fingerprint density at radius 1 is 1.06 bits per heavy atom. The van der Waals surface area contributed by atoms with Crippen LogP contribution in [0.4, 0.5) is 26.3 Å². The normalized spacial score (nSPS) is 12.1. The maximum atomic E-state index is 15.1. The van der Waals surface area contributed by atoms with Crippen molar-refractivity contribution in [1.29, 1.82) is 0 Å². The Morgan fingerprint density at radius 3 is 2.49 bits per heavy atom. The summed E-state index contributed by atoms with van der Waals surface area (Å²) >= 11 is 0. The smallest absolute Gasteiger partial charge is 0.432 e. The van der Waals surface area contributed by atoms with E-state index in [0.29, 0.717) is 0 Å². The molecule has 0 atom stereocenters. The van der Waals surface area contributed by atoms with Crippen LogP contribution in [-0.4, -0.2) is 33.7 Å². The largest absolute Gasteiger partial charge is 0.455 e. The second-order valence-electron chi connectivity index (χ2n) is 7.24. The topological polar surface area (TPSA) is 70.1 Å². The van der Waals surface area contributed by atoms with E-state index < -0.39 is 30.0 Å². The van der Waals surface area contributed by atoms with Crippen LogP contribution in [0.5, 0.6) is 11.6 Å². The predicted octanol–water partition coefficient (Wildman–Crippen LogP) is 3.93. The molecule has 0 saturated carbocycles. The summed E-state index contributed by atoms with van der Waals surface area (Å²) in [5, 5.41) is 0.0726. The lowest BCUT2D eigenvalue weighted by Crippen LogP contribution is -2.43. The van der Waals surface area contributed by atoms with Gasteiger partial charge in [-0.15, -0.1) is 0 Å². The molecule has 0 fully saturated rings. The number of fused-ring (bicyclic) bond motifs is 1. The molecule has 35 heavy (non-hydrogen) atoms. The molecule has 0 aliphatic carbocycles. The second-order valence-corrected chi connectivity index (χ2v) is 7.24. The van der Waals surface area contributed by atoms with E-state index >= 15 is 4.39 Å². The van der Waals surface area contributed by atoms with Crippen LogP contribution in [0, 0.1) is 5.82 Å². The number of aromatic nitrogens is 4. The fourth-order valence-electron chi connectivity index (χ4n) is 3.25. The quantitative estimate of drug-likeness (QED) is 0.298. The van der Waals surface area contributed by atoms with E-state index in [4.69, 9.17) is 9.57 Å². The third-order valence-corrected chi connectivity index (χ3v) is 4.91. The maximum absolute atomic E-state index is 15.1. The van der Waals surface area contributed by atoms with Gasteiger partial charge in [0.15, 0.2) is 0 Å². The maximum Gasteiger partial charge on any atom is 0.455 e. The van der Waals surface area contributed by atoms with Crippen LogP contribution in [0.15, 0.2) is 65.8 Å². The predicted molar refractivity (Wildman–Crippen MR) is 109 cm³/mol. The molecule has 0 aliphatic rings. The molecule has 0 spiro atoms. The molecule has 182 valence electrons. The number of pyridine rings is 4. The molecule has 0 aliphatic heterocycles. The molecule has 13 heteroatoms. The van der Waals surface area contributed by atoms with Crippen LogP contribution in [0.25, 0.3) is 22.3 Å². The monoisotopic (exact) mass is 497 g/mol. The van der Waals surface area contributed by atoms with Crippen molar-refractivity contribution in [2.75, 3.05) is 7.11 Å². The molecule has 4 heterocycles. The van der Waals surface area contributed by atoms with Crippen LogP contribution in [0.3, 0.4) is 0 Å². The van der Waals surface area contributed by atoms with Crippen LogP contribution in [-0.2, 0) is 6.54 Å². The Morgan fingerprint density at radius 2 is 1.83 bits per heavy atom. The fraction of sp³-hybridized carbons (Fsp3) is 0.182. The minimum absolute atomic E-state index is 0.0378. The van der Waals surface area contributed by atoms with E-state index in [1.54, 1.807) is 18.2 Å². The zero-order valence-electron chi connectivity index (χ0n) is 17.8. The Balaban J connectivity index is 1.77. The highest BCUT2D eigenvalue weighted by molar-refractivity contribution is 5.81. The summed E-state index contributed by atoms with van der Waals surface area (Å²) in [5.74, 6) is -5.77. The van der Waals surface area contributed by atoms with Gasteiger partial charge in [-0.25, -0.2) is 9.97 Å². The summed E-state index contributed by atoms with van der Waals surface area (Å²) in [7, 11) is 1.24. The molecule has 7 nitrogen and oxygen atoms in total. The highest BCUT2D eigenvalue weighted by atomic mass is 19.4. The molecule has 0 aromatic carbocycles. The third kappa shape index (κ3) is 4.74. The minimum atomic E-state index is -5.85. The first-order valence-corrected chi connectivity index (χ1v) is 9.83. The van der Waals surface area contributed by atoms with Crippen molar-refractivity contribution in [3.05, 3.63) is 77.2 Å². The summed E-state index contributed by atoms with van der Waals surface area (Å²) in [6.07, 6.45) is -2.16. The van der Waals surface area contributed by atoms with Gasteiger partial charge in [0.1, 0.15) is 12.8 Å². The first-order valence-electron chi connectivity index (χ1n) is 9.83. The molecule has 0 N–H and O–H groups in total. The van der Waals surface area contributed by atoms with Crippen molar-refractivity contribution in [3.8, 4) is 23.0 Å². The van der Waals surface area contributed by atoms with Gasteiger partial charge in [-0.3, -0.25) is 9.63 Å². The Kier molecular flexibility index (Phi) is 6.09. The van der Waals surface area contributed by atoms with Gasteiger partial charge in [0, 0.05) is 34.5 Å². The average molecular weight is 497 g/mol. The SMILES string of the molecule is CO[n+]1cc(Oc2ccccn2)cc(F)c1-c1cc2ccc(=O)n(CC(F)(F)C(F)(F)F)c2cn1. The number of ether oxygens (including phenoxy) is 1. The van der Waals surface area contributed by atoms with E-state index in [1.165, 1.54) is 31.6 Å². The Labute approximate surface area is 192 Å². The van der Waals surface area contributed by atoms with Crippen LogP contribution in [0.1, 0.15) is 0 Å².